The molecule has 1 fully saturated rings. The van der Waals surface area contributed by atoms with Crippen molar-refractivity contribution in [1.29, 1.82) is 0 Å². The number of benzene rings is 1. The van der Waals surface area contributed by atoms with E-state index < -0.39 is 17.9 Å². The summed E-state index contributed by atoms with van der Waals surface area (Å²) in [6.45, 7) is 1.98. The Kier molecular flexibility index (Phi) is 4.33. The van der Waals surface area contributed by atoms with Gasteiger partial charge in [0, 0.05) is 18.2 Å². The van der Waals surface area contributed by atoms with Crippen LogP contribution >= 0.6 is 11.6 Å². The Hall–Kier alpha value is -3.06. The maximum Gasteiger partial charge on any atom is 0.337 e. The van der Waals surface area contributed by atoms with E-state index in [-0.39, 0.29) is 22.8 Å². The van der Waals surface area contributed by atoms with Gasteiger partial charge in [-0.15, -0.1) is 0 Å². The number of imide groups is 1. The molecule has 1 aromatic heterocycles. The lowest BCUT2D eigenvalue weighted by atomic mass is 10.1. The Morgan fingerprint density at radius 2 is 2.08 bits per heavy atom. The molecule has 0 bridgehead atoms. The molecule has 0 unspecified atom stereocenters. The largest absolute Gasteiger partial charge is 0.478 e. The number of rotatable bonds is 4. The third kappa shape index (κ3) is 3.14. The van der Waals surface area contributed by atoms with Crippen LogP contribution in [0.3, 0.4) is 0 Å². The van der Waals surface area contributed by atoms with Crippen LogP contribution in [0.5, 0.6) is 0 Å². The third-order valence-corrected chi connectivity index (χ3v) is 3.99. The highest BCUT2D eigenvalue weighted by atomic mass is 35.5. The maximum absolute atomic E-state index is 12.0. The molecule has 3 rings (SSSR count). The number of carbonyl (C=O) groups excluding carboxylic acids is 2. The van der Waals surface area contributed by atoms with Crippen LogP contribution < -0.4 is 5.32 Å². The summed E-state index contributed by atoms with van der Waals surface area (Å²) in [6.07, 6.45) is 1.44. The van der Waals surface area contributed by atoms with Gasteiger partial charge in [0.2, 0.25) is 0 Å². The second-order valence-electron chi connectivity index (χ2n) is 5.24. The fourth-order valence-electron chi connectivity index (χ4n) is 2.43. The molecule has 8 heteroatoms. The summed E-state index contributed by atoms with van der Waals surface area (Å²) in [5.74, 6) is -0.707. The van der Waals surface area contributed by atoms with Crippen molar-refractivity contribution in [3.63, 3.8) is 0 Å². The smallest absolute Gasteiger partial charge is 0.337 e. The molecule has 0 radical (unpaired) electrons. The Morgan fingerprint density at radius 1 is 1.32 bits per heavy atom. The first-order valence-corrected chi connectivity index (χ1v) is 7.76. The van der Waals surface area contributed by atoms with Crippen molar-refractivity contribution >= 4 is 35.6 Å². The SMILES string of the molecule is CCN1C(=O)N/C(=C/c2ccc(-c3ccc(C(=O)O)c(Cl)c3)o2)C1=O. The highest BCUT2D eigenvalue weighted by Gasteiger charge is 2.32. The molecule has 0 atom stereocenters. The maximum atomic E-state index is 12.0. The van der Waals surface area contributed by atoms with Crippen molar-refractivity contribution in [2.45, 2.75) is 6.92 Å². The normalized spacial score (nSPS) is 15.8. The molecule has 2 aromatic rings. The van der Waals surface area contributed by atoms with Gasteiger partial charge in [-0.25, -0.2) is 9.59 Å². The topological polar surface area (TPSA) is 99.8 Å². The number of amides is 3. The number of halogens is 1. The van der Waals surface area contributed by atoms with Crippen LogP contribution in [0.15, 0.2) is 40.4 Å². The van der Waals surface area contributed by atoms with Gasteiger partial charge in [0.25, 0.3) is 5.91 Å². The minimum Gasteiger partial charge on any atom is -0.478 e. The van der Waals surface area contributed by atoms with Crippen molar-refractivity contribution in [1.82, 2.24) is 10.2 Å². The van der Waals surface area contributed by atoms with Gasteiger partial charge < -0.3 is 14.8 Å². The summed E-state index contributed by atoms with van der Waals surface area (Å²) in [4.78, 5) is 35.7. The van der Waals surface area contributed by atoms with Crippen molar-refractivity contribution < 1.29 is 23.9 Å². The number of carboxylic acid groups (broad SMARTS) is 1. The van der Waals surface area contributed by atoms with Crippen LogP contribution in [0.4, 0.5) is 4.79 Å². The molecule has 128 valence electrons. The third-order valence-electron chi connectivity index (χ3n) is 3.68. The van der Waals surface area contributed by atoms with Crippen LogP contribution in [0.1, 0.15) is 23.0 Å². The lowest BCUT2D eigenvalue weighted by Gasteiger charge is -2.05. The highest BCUT2D eigenvalue weighted by molar-refractivity contribution is 6.33. The van der Waals surface area contributed by atoms with Gasteiger partial charge in [-0.1, -0.05) is 17.7 Å². The number of nitrogens with one attached hydrogen (secondary N) is 1. The molecule has 2 heterocycles. The van der Waals surface area contributed by atoms with Crippen LogP contribution in [-0.2, 0) is 4.79 Å². The first-order valence-electron chi connectivity index (χ1n) is 7.38. The number of furan rings is 1. The van der Waals surface area contributed by atoms with E-state index in [2.05, 4.69) is 5.32 Å². The van der Waals surface area contributed by atoms with E-state index >= 15 is 0 Å². The number of aromatic carboxylic acids is 1. The van der Waals surface area contributed by atoms with E-state index in [1.54, 1.807) is 25.1 Å². The molecule has 1 aromatic carbocycles. The average molecular weight is 361 g/mol. The molecule has 2 N–H and O–H groups in total. The van der Waals surface area contributed by atoms with Crippen LogP contribution in [0, 0.1) is 0 Å². The van der Waals surface area contributed by atoms with Crippen molar-refractivity contribution in [3.05, 3.63) is 52.4 Å². The summed E-state index contributed by atoms with van der Waals surface area (Å²) >= 11 is 5.95. The molecular formula is C17H13ClN2O5. The first-order chi connectivity index (χ1) is 11.9. The number of hydrogen-bond donors (Lipinski definition) is 2. The van der Waals surface area contributed by atoms with Crippen molar-refractivity contribution in [2.75, 3.05) is 6.54 Å². The second-order valence-corrected chi connectivity index (χ2v) is 5.65. The van der Waals surface area contributed by atoms with E-state index in [4.69, 9.17) is 21.1 Å². The molecular weight excluding hydrogens is 348 g/mol. The zero-order chi connectivity index (χ0) is 18.1. The van der Waals surface area contributed by atoms with Gasteiger partial charge in [0.15, 0.2) is 0 Å². The molecule has 0 saturated carbocycles. The average Bonchev–Trinajstić information content (AvgIpc) is 3.12. The number of urea groups is 1. The van der Waals surface area contributed by atoms with Crippen molar-refractivity contribution in [2.24, 2.45) is 0 Å². The fraction of sp³-hybridized carbons (Fsp3) is 0.118. The quantitative estimate of drug-likeness (QED) is 0.644. The van der Waals surface area contributed by atoms with Gasteiger partial charge in [0.1, 0.15) is 17.2 Å². The molecule has 3 amide bonds. The molecule has 1 saturated heterocycles. The van der Waals surface area contributed by atoms with Crippen molar-refractivity contribution in [3.8, 4) is 11.3 Å². The highest BCUT2D eigenvalue weighted by Crippen LogP contribution is 2.28. The van der Waals surface area contributed by atoms with E-state index in [1.807, 2.05) is 0 Å². The van der Waals surface area contributed by atoms with Gasteiger partial charge in [0.05, 0.1) is 10.6 Å². The van der Waals surface area contributed by atoms with E-state index in [1.165, 1.54) is 18.2 Å². The van der Waals surface area contributed by atoms with E-state index in [9.17, 15) is 14.4 Å². The molecule has 1 aliphatic rings. The molecule has 7 nitrogen and oxygen atoms in total. The number of carboxylic acids is 1. The van der Waals surface area contributed by atoms with Gasteiger partial charge >= 0.3 is 12.0 Å². The molecule has 1 aliphatic heterocycles. The lowest BCUT2D eigenvalue weighted by Crippen LogP contribution is -2.30. The number of carbonyl (C=O) groups is 3. The second kappa shape index (κ2) is 6.45. The Balaban J connectivity index is 1.87. The van der Waals surface area contributed by atoms with Crippen LogP contribution in [0.2, 0.25) is 5.02 Å². The lowest BCUT2D eigenvalue weighted by molar-refractivity contribution is -0.122. The zero-order valence-electron chi connectivity index (χ0n) is 13.1. The predicted molar refractivity (Wildman–Crippen MR) is 90.0 cm³/mol. The molecule has 0 aliphatic carbocycles. The number of likely N-dealkylation sites (N-methyl/N-ethyl adjacent to an activating group) is 1. The Morgan fingerprint density at radius 3 is 2.68 bits per heavy atom. The van der Waals surface area contributed by atoms with Crippen LogP contribution in [0.25, 0.3) is 17.4 Å². The number of nitrogens with zero attached hydrogens (tertiary/aromatic N) is 1. The summed E-state index contributed by atoms with van der Waals surface area (Å²) in [5.41, 5.74) is 0.724. The van der Waals surface area contributed by atoms with Gasteiger partial charge in [-0.05, 0) is 31.2 Å². The van der Waals surface area contributed by atoms with Gasteiger partial charge in [-0.3, -0.25) is 9.69 Å². The summed E-state index contributed by atoms with van der Waals surface area (Å²) in [7, 11) is 0. The van der Waals surface area contributed by atoms with E-state index in [0.717, 1.165) is 4.90 Å². The number of hydrogen-bond acceptors (Lipinski definition) is 4. The Bertz CT molecular complexity index is 916. The fourth-order valence-corrected chi connectivity index (χ4v) is 2.69. The summed E-state index contributed by atoms with van der Waals surface area (Å²) < 4.78 is 5.63. The summed E-state index contributed by atoms with van der Waals surface area (Å²) in [5, 5.41) is 11.6. The summed E-state index contributed by atoms with van der Waals surface area (Å²) in [6, 6.07) is 7.28. The minimum atomic E-state index is -1.11. The standard InChI is InChI=1S/C17H13ClN2O5/c1-2-20-15(21)13(19-17(20)24)8-10-4-6-14(25-10)9-3-5-11(16(22)23)12(18)7-9/h3-8H,2H2,1H3,(H,19,24)(H,22,23)/b13-8+. The zero-order valence-corrected chi connectivity index (χ0v) is 13.8. The monoisotopic (exact) mass is 360 g/mol. The van der Waals surface area contributed by atoms with Gasteiger partial charge in [-0.2, -0.15) is 0 Å². The molecule has 25 heavy (non-hydrogen) atoms. The first kappa shape index (κ1) is 16.8. The molecule has 0 spiro atoms. The van der Waals surface area contributed by atoms with Crippen LogP contribution in [-0.4, -0.2) is 34.5 Å². The predicted octanol–water partition coefficient (Wildman–Crippen LogP) is 3.21. The Labute approximate surface area is 147 Å². The van der Waals surface area contributed by atoms with E-state index in [0.29, 0.717) is 17.1 Å². The minimum absolute atomic E-state index is 0.00163.